The highest BCUT2D eigenvalue weighted by atomic mass is 35.5. The maximum Gasteiger partial charge on any atom is 0.230 e. The van der Waals surface area contributed by atoms with E-state index in [1.165, 1.54) is 0 Å². The van der Waals surface area contributed by atoms with Crippen LogP contribution in [-0.2, 0) is 9.59 Å². The summed E-state index contributed by atoms with van der Waals surface area (Å²) in [5.74, 6) is -0.397. The Kier molecular flexibility index (Phi) is 4.85. The van der Waals surface area contributed by atoms with Crippen LogP contribution in [0.3, 0.4) is 0 Å². The van der Waals surface area contributed by atoms with Crippen LogP contribution >= 0.6 is 12.4 Å². The largest absolute Gasteiger partial charge is 0.341 e. The number of hydrogen-bond donors (Lipinski definition) is 2. The van der Waals surface area contributed by atoms with Crippen LogP contribution in [0.5, 0.6) is 0 Å². The van der Waals surface area contributed by atoms with Crippen molar-refractivity contribution in [3.05, 3.63) is 29.8 Å². The third kappa shape index (κ3) is 3.04. The molecule has 6 heteroatoms. The molecule has 2 heterocycles. The molecule has 2 amide bonds. The van der Waals surface area contributed by atoms with Gasteiger partial charge in [0.1, 0.15) is 0 Å². The summed E-state index contributed by atoms with van der Waals surface area (Å²) >= 11 is 0. The van der Waals surface area contributed by atoms with Crippen molar-refractivity contribution in [3.8, 4) is 0 Å². The van der Waals surface area contributed by atoms with Crippen molar-refractivity contribution in [3.63, 3.8) is 0 Å². The van der Waals surface area contributed by atoms with E-state index in [0.29, 0.717) is 0 Å². The van der Waals surface area contributed by atoms with Crippen LogP contribution in [0.15, 0.2) is 24.3 Å². The lowest BCUT2D eigenvalue weighted by molar-refractivity contribution is -0.135. The van der Waals surface area contributed by atoms with Crippen molar-refractivity contribution >= 4 is 29.9 Å². The third-order valence-electron chi connectivity index (χ3n) is 4.23. The quantitative estimate of drug-likeness (QED) is 0.867. The number of anilines is 1. The standard InChI is InChI=1S/C15H19N3O2.ClH/c1-18(10-6-7-16-9-10)15(20)12-8-14(19)17-13-5-3-2-4-11(12)13;/h2-5,10,12,16H,6-9H2,1H3,(H,17,19);1H. The number of halogens is 1. The van der Waals surface area contributed by atoms with Crippen LogP contribution < -0.4 is 10.6 Å². The SMILES string of the molecule is CN(C(=O)C1CC(=O)Nc2ccccc21)C1CCNC1.Cl. The molecule has 2 atom stereocenters. The summed E-state index contributed by atoms with van der Waals surface area (Å²) in [5.41, 5.74) is 1.69. The summed E-state index contributed by atoms with van der Waals surface area (Å²) in [5, 5.41) is 6.10. The molecule has 1 aromatic carbocycles. The van der Waals surface area contributed by atoms with Gasteiger partial charge >= 0.3 is 0 Å². The number of rotatable bonds is 2. The van der Waals surface area contributed by atoms with Crippen molar-refractivity contribution in [1.82, 2.24) is 10.2 Å². The van der Waals surface area contributed by atoms with Gasteiger partial charge in [0.2, 0.25) is 11.8 Å². The lowest BCUT2D eigenvalue weighted by atomic mass is 9.89. The second-order valence-corrected chi connectivity index (χ2v) is 5.49. The average molecular weight is 310 g/mol. The van der Waals surface area contributed by atoms with E-state index in [4.69, 9.17) is 0 Å². The van der Waals surface area contributed by atoms with Gasteiger partial charge in [-0.05, 0) is 24.6 Å². The molecule has 2 aliphatic heterocycles. The van der Waals surface area contributed by atoms with E-state index in [2.05, 4.69) is 10.6 Å². The highest BCUT2D eigenvalue weighted by Crippen LogP contribution is 2.33. The normalized spacial score (nSPS) is 23.8. The summed E-state index contributed by atoms with van der Waals surface area (Å²) in [6, 6.07) is 7.80. The molecule has 2 unspecified atom stereocenters. The monoisotopic (exact) mass is 309 g/mol. The van der Waals surface area contributed by atoms with Gasteiger partial charge in [-0.1, -0.05) is 18.2 Å². The fraction of sp³-hybridized carbons (Fsp3) is 0.467. The van der Waals surface area contributed by atoms with Gasteiger partial charge in [-0.15, -0.1) is 12.4 Å². The molecule has 5 nitrogen and oxygen atoms in total. The van der Waals surface area contributed by atoms with E-state index in [-0.39, 0.29) is 42.6 Å². The van der Waals surface area contributed by atoms with E-state index in [9.17, 15) is 9.59 Å². The molecule has 0 spiro atoms. The fourth-order valence-corrected chi connectivity index (χ4v) is 3.03. The summed E-state index contributed by atoms with van der Waals surface area (Å²) in [6.45, 7) is 1.78. The number of fused-ring (bicyclic) bond motifs is 1. The number of para-hydroxylation sites is 1. The smallest absolute Gasteiger partial charge is 0.230 e. The molecule has 0 radical (unpaired) electrons. The Labute approximate surface area is 130 Å². The Balaban J connectivity index is 0.00000161. The second kappa shape index (κ2) is 6.45. The van der Waals surface area contributed by atoms with Crippen LogP contribution in [0.25, 0.3) is 0 Å². The first-order chi connectivity index (χ1) is 9.66. The summed E-state index contributed by atoms with van der Waals surface area (Å²) in [7, 11) is 1.84. The van der Waals surface area contributed by atoms with Gasteiger partial charge in [-0.25, -0.2) is 0 Å². The molecule has 1 saturated heterocycles. The summed E-state index contributed by atoms with van der Waals surface area (Å²) in [4.78, 5) is 26.3. The predicted molar refractivity (Wildman–Crippen MR) is 83.7 cm³/mol. The molecule has 0 aliphatic carbocycles. The number of nitrogens with zero attached hydrogens (tertiary/aromatic N) is 1. The van der Waals surface area contributed by atoms with Gasteiger partial charge < -0.3 is 15.5 Å². The Morgan fingerprint density at radius 1 is 1.33 bits per heavy atom. The van der Waals surface area contributed by atoms with Crippen LogP contribution in [0.4, 0.5) is 5.69 Å². The number of carbonyl (C=O) groups is 2. The third-order valence-corrected chi connectivity index (χ3v) is 4.23. The molecule has 2 N–H and O–H groups in total. The molecule has 1 fully saturated rings. The minimum atomic E-state index is -0.356. The van der Waals surface area contributed by atoms with Gasteiger partial charge in [0.15, 0.2) is 0 Å². The van der Waals surface area contributed by atoms with Crippen LogP contribution in [0.1, 0.15) is 24.3 Å². The van der Waals surface area contributed by atoms with Crippen molar-refractivity contribution in [1.29, 1.82) is 0 Å². The van der Waals surface area contributed by atoms with Gasteiger partial charge in [-0.3, -0.25) is 9.59 Å². The maximum absolute atomic E-state index is 12.7. The molecular formula is C15H20ClN3O2. The van der Waals surface area contributed by atoms with Gasteiger partial charge in [0.05, 0.1) is 5.92 Å². The molecule has 0 aromatic heterocycles. The first-order valence-electron chi connectivity index (χ1n) is 7.03. The number of benzene rings is 1. The second-order valence-electron chi connectivity index (χ2n) is 5.49. The van der Waals surface area contributed by atoms with E-state index in [1.54, 1.807) is 4.90 Å². The lowest BCUT2D eigenvalue weighted by Crippen LogP contribution is -2.43. The van der Waals surface area contributed by atoms with E-state index >= 15 is 0 Å². The number of hydrogen-bond acceptors (Lipinski definition) is 3. The van der Waals surface area contributed by atoms with E-state index in [1.807, 2.05) is 31.3 Å². The molecule has 0 saturated carbocycles. The van der Waals surface area contributed by atoms with Gasteiger partial charge in [0.25, 0.3) is 0 Å². The number of likely N-dealkylation sites (N-methyl/N-ethyl adjacent to an activating group) is 1. The zero-order valence-electron chi connectivity index (χ0n) is 12.0. The van der Waals surface area contributed by atoms with Gasteiger partial charge in [0, 0.05) is 31.7 Å². The maximum atomic E-state index is 12.7. The Morgan fingerprint density at radius 2 is 2.10 bits per heavy atom. The lowest BCUT2D eigenvalue weighted by Gasteiger charge is -2.31. The molecule has 3 rings (SSSR count). The van der Waals surface area contributed by atoms with Crippen LogP contribution in [-0.4, -0.2) is 42.9 Å². The molecule has 21 heavy (non-hydrogen) atoms. The van der Waals surface area contributed by atoms with Crippen molar-refractivity contribution in [2.45, 2.75) is 24.8 Å². The Hall–Kier alpha value is -1.59. The first kappa shape index (κ1) is 15.8. The van der Waals surface area contributed by atoms with Crippen LogP contribution in [0, 0.1) is 0 Å². The van der Waals surface area contributed by atoms with Crippen molar-refractivity contribution < 1.29 is 9.59 Å². The van der Waals surface area contributed by atoms with Crippen LogP contribution in [0.2, 0.25) is 0 Å². The average Bonchev–Trinajstić information content (AvgIpc) is 2.99. The van der Waals surface area contributed by atoms with Crippen molar-refractivity contribution in [2.75, 3.05) is 25.5 Å². The van der Waals surface area contributed by atoms with E-state index in [0.717, 1.165) is 30.8 Å². The number of amides is 2. The molecule has 2 aliphatic rings. The zero-order valence-corrected chi connectivity index (χ0v) is 12.8. The topological polar surface area (TPSA) is 61.4 Å². The summed E-state index contributed by atoms with van der Waals surface area (Å²) in [6.07, 6.45) is 1.21. The minimum absolute atomic E-state index is 0. The van der Waals surface area contributed by atoms with Crippen molar-refractivity contribution in [2.24, 2.45) is 0 Å². The van der Waals surface area contributed by atoms with Gasteiger partial charge in [-0.2, -0.15) is 0 Å². The zero-order chi connectivity index (χ0) is 14.1. The molecule has 0 bridgehead atoms. The number of carbonyl (C=O) groups excluding carboxylic acids is 2. The fourth-order valence-electron chi connectivity index (χ4n) is 3.03. The Bertz CT molecular complexity index is 543. The highest BCUT2D eigenvalue weighted by Gasteiger charge is 2.34. The molecule has 114 valence electrons. The first-order valence-corrected chi connectivity index (χ1v) is 7.03. The molecule has 1 aromatic rings. The number of nitrogens with one attached hydrogen (secondary N) is 2. The predicted octanol–water partition coefficient (Wildman–Crippen LogP) is 1.35. The van der Waals surface area contributed by atoms with E-state index < -0.39 is 0 Å². The Morgan fingerprint density at radius 3 is 2.81 bits per heavy atom. The molecular weight excluding hydrogens is 290 g/mol. The summed E-state index contributed by atoms with van der Waals surface area (Å²) < 4.78 is 0. The minimum Gasteiger partial charge on any atom is -0.341 e. The highest BCUT2D eigenvalue weighted by molar-refractivity contribution is 6.01.